The van der Waals surface area contributed by atoms with E-state index in [1.54, 1.807) is 0 Å². The molecule has 0 aromatic carbocycles. The van der Waals surface area contributed by atoms with E-state index in [2.05, 4.69) is 10.6 Å². The zero-order chi connectivity index (χ0) is 21.9. The number of carboxylic acids is 2. The molecule has 0 aliphatic heterocycles. The predicted octanol–water partition coefficient (Wildman–Crippen LogP) is -2.91. The average Bonchev–Trinajstić information content (AvgIpc) is 2.62. The van der Waals surface area contributed by atoms with Gasteiger partial charge in [-0.1, -0.05) is 0 Å². The molecular formula is C15H26N4O8S. The molecular weight excluding hydrogens is 396 g/mol. The molecule has 0 rings (SSSR count). The topological polar surface area (TPSA) is 208 Å². The minimum atomic E-state index is -1.73. The number of carbonyl (C=O) groups is 5. The van der Waals surface area contributed by atoms with Crippen LogP contribution in [-0.4, -0.2) is 87.8 Å². The van der Waals surface area contributed by atoms with Gasteiger partial charge in [0, 0.05) is 0 Å². The highest BCUT2D eigenvalue weighted by atomic mass is 32.2. The van der Waals surface area contributed by atoms with E-state index in [1.807, 2.05) is 11.6 Å². The Labute approximate surface area is 165 Å². The van der Waals surface area contributed by atoms with Crippen molar-refractivity contribution in [2.45, 2.75) is 43.9 Å². The molecule has 0 saturated carbocycles. The van der Waals surface area contributed by atoms with Gasteiger partial charge in [-0.25, -0.2) is 4.79 Å². The van der Waals surface area contributed by atoms with E-state index in [9.17, 15) is 29.1 Å². The first-order chi connectivity index (χ1) is 13.0. The SMILES string of the molecule is CSCCC(N)C(=O)NC(C)C(=O)NC(CO)C(=O)NC(CC(=O)O)C(=O)O. The maximum atomic E-state index is 12.1. The molecule has 4 atom stereocenters. The average molecular weight is 422 g/mol. The molecule has 0 fully saturated rings. The Hall–Kier alpha value is -2.38. The summed E-state index contributed by atoms with van der Waals surface area (Å²) in [7, 11) is 0. The van der Waals surface area contributed by atoms with Crippen LogP contribution in [0.15, 0.2) is 0 Å². The van der Waals surface area contributed by atoms with Crippen LogP contribution in [0.5, 0.6) is 0 Å². The van der Waals surface area contributed by atoms with Gasteiger partial charge in [0.15, 0.2) is 0 Å². The number of carbonyl (C=O) groups excluding carboxylic acids is 3. The van der Waals surface area contributed by atoms with Gasteiger partial charge in [0.2, 0.25) is 17.7 Å². The second-order valence-corrected chi connectivity index (χ2v) is 6.84. The molecule has 0 bridgehead atoms. The van der Waals surface area contributed by atoms with Crippen molar-refractivity contribution >= 4 is 41.4 Å². The van der Waals surface area contributed by atoms with E-state index < -0.39 is 66.9 Å². The zero-order valence-corrected chi connectivity index (χ0v) is 16.3. The van der Waals surface area contributed by atoms with Gasteiger partial charge in [-0.3, -0.25) is 19.2 Å². The fourth-order valence-corrected chi connectivity index (χ4v) is 2.39. The maximum absolute atomic E-state index is 12.1. The quantitative estimate of drug-likeness (QED) is 0.161. The molecule has 0 aliphatic rings. The van der Waals surface area contributed by atoms with E-state index in [1.165, 1.54) is 18.7 Å². The molecule has 13 heteroatoms. The van der Waals surface area contributed by atoms with Gasteiger partial charge < -0.3 is 37.0 Å². The Morgan fingerprint density at radius 3 is 2.00 bits per heavy atom. The molecule has 0 heterocycles. The molecule has 0 spiro atoms. The summed E-state index contributed by atoms with van der Waals surface area (Å²) in [5.41, 5.74) is 5.69. The number of aliphatic hydroxyl groups is 1. The Morgan fingerprint density at radius 1 is 0.964 bits per heavy atom. The number of nitrogens with one attached hydrogen (secondary N) is 3. The highest BCUT2D eigenvalue weighted by Crippen LogP contribution is 2.00. The third-order valence-corrected chi connectivity index (χ3v) is 4.17. The monoisotopic (exact) mass is 422 g/mol. The number of rotatable bonds is 13. The van der Waals surface area contributed by atoms with E-state index in [0.717, 1.165) is 0 Å². The number of amides is 3. The lowest BCUT2D eigenvalue weighted by Crippen LogP contribution is -2.57. The van der Waals surface area contributed by atoms with Gasteiger partial charge in [0.1, 0.15) is 18.1 Å². The Bertz CT molecular complexity index is 588. The molecule has 4 unspecified atom stereocenters. The zero-order valence-electron chi connectivity index (χ0n) is 15.5. The number of carboxylic acid groups (broad SMARTS) is 2. The van der Waals surface area contributed by atoms with Crippen molar-refractivity contribution in [3.05, 3.63) is 0 Å². The van der Waals surface area contributed by atoms with Crippen LogP contribution < -0.4 is 21.7 Å². The largest absolute Gasteiger partial charge is 0.481 e. The molecule has 160 valence electrons. The van der Waals surface area contributed by atoms with Crippen LogP contribution in [0.4, 0.5) is 0 Å². The van der Waals surface area contributed by atoms with Crippen LogP contribution >= 0.6 is 11.8 Å². The third-order valence-electron chi connectivity index (χ3n) is 3.53. The summed E-state index contributed by atoms with van der Waals surface area (Å²) < 4.78 is 0. The second-order valence-electron chi connectivity index (χ2n) is 5.86. The maximum Gasteiger partial charge on any atom is 0.326 e. The first kappa shape index (κ1) is 25.6. The van der Waals surface area contributed by atoms with Crippen molar-refractivity contribution in [2.24, 2.45) is 5.73 Å². The third kappa shape index (κ3) is 9.53. The van der Waals surface area contributed by atoms with Gasteiger partial charge in [-0.05, 0) is 25.4 Å². The number of hydrogen-bond acceptors (Lipinski definition) is 8. The number of thioether (sulfide) groups is 1. The van der Waals surface area contributed by atoms with Crippen molar-refractivity contribution in [3.8, 4) is 0 Å². The summed E-state index contributed by atoms with van der Waals surface area (Å²) in [5, 5.41) is 33.3. The van der Waals surface area contributed by atoms with E-state index in [4.69, 9.17) is 15.9 Å². The number of nitrogens with two attached hydrogens (primary N) is 1. The summed E-state index contributed by atoms with van der Waals surface area (Å²) in [6.07, 6.45) is 1.38. The molecule has 0 aromatic rings. The van der Waals surface area contributed by atoms with Gasteiger partial charge in [0.25, 0.3) is 0 Å². The van der Waals surface area contributed by atoms with Gasteiger partial charge >= 0.3 is 11.9 Å². The summed E-state index contributed by atoms with van der Waals surface area (Å²) in [4.78, 5) is 57.7. The summed E-state index contributed by atoms with van der Waals surface area (Å²) in [6.45, 7) is 0.468. The van der Waals surface area contributed by atoms with Crippen LogP contribution in [0, 0.1) is 0 Å². The fraction of sp³-hybridized carbons (Fsp3) is 0.667. The lowest BCUT2D eigenvalue weighted by molar-refractivity contribution is -0.147. The summed E-state index contributed by atoms with van der Waals surface area (Å²) in [6, 6.07) is -5.16. The summed E-state index contributed by atoms with van der Waals surface area (Å²) >= 11 is 1.51. The van der Waals surface area contributed by atoms with Crippen LogP contribution in [-0.2, 0) is 24.0 Å². The van der Waals surface area contributed by atoms with Crippen molar-refractivity contribution in [1.29, 1.82) is 0 Å². The molecule has 0 saturated heterocycles. The van der Waals surface area contributed by atoms with Gasteiger partial charge in [0.05, 0.1) is 19.1 Å². The van der Waals surface area contributed by atoms with Crippen LogP contribution in [0.2, 0.25) is 0 Å². The molecule has 3 amide bonds. The molecule has 0 aliphatic carbocycles. The Morgan fingerprint density at radius 2 is 1.54 bits per heavy atom. The fourth-order valence-electron chi connectivity index (χ4n) is 1.90. The number of aliphatic carboxylic acids is 2. The predicted molar refractivity (Wildman–Crippen MR) is 99.4 cm³/mol. The van der Waals surface area contributed by atoms with E-state index >= 15 is 0 Å². The van der Waals surface area contributed by atoms with E-state index in [-0.39, 0.29) is 0 Å². The molecule has 0 aromatic heterocycles. The Balaban J connectivity index is 4.79. The summed E-state index contributed by atoms with van der Waals surface area (Å²) in [5.74, 6) is -4.84. The Kier molecular flexibility index (Phi) is 11.8. The van der Waals surface area contributed by atoms with Crippen molar-refractivity contribution < 1.29 is 39.3 Å². The highest BCUT2D eigenvalue weighted by molar-refractivity contribution is 7.98. The van der Waals surface area contributed by atoms with E-state index in [0.29, 0.717) is 12.2 Å². The smallest absolute Gasteiger partial charge is 0.326 e. The second kappa shape index (κ2) is 12.9. The minimum absolute atomic E-state index is 0.406. The van der Waals surface area contributed by atoms with Crippen LogP contribution in [0.3, 0.4) is 0 Å². The molecule has 28 heavy (non-hydrogen) atoms. The van der Waals surface area contributed by atoms with Crippen LogP contribution in [0.1, 0.15) is 19.8 Å². The lowest BCUT2D eigenvalue weighted by Gasteiger charge is -2.22. The number of hydrogen-bond donors (Lipinski definition) is 7. The van der Waals surface area contributed by atoms with Crippen molar-refractivity contribution in [2.75, 3.05) is 18.6 Å². The van der Waals surface area contributed by atoms with Gasteiger partial charge in [-0.2, -0.15) is 11.8 Å². The minimum Gasteiger partial charge on any atom is -0.481 e. The lowest BCUT2D eigenvalue weighted by atomic mass is 10.1. The normalized spacial score (nSPS) is 14.9. The van der Waals surface area contributed by atoms with Crippen molar-refractivity contribution in [1.82, 2.24) is 16.0 Å². The highest BCUT2D eigenvalue weighted by Gasteiger charge is 2.29. The molecule has 0 radical (unpaired) electrons. The first-order valence-corrected chi connectivity index (χ1v) is 9.63. The first-order valence-electron chi connectivity index (χ1n) is 8.24. The number of aliphatic hydroxyl groups excluding tert-OH is 1. The molecule has 8 N–H and O–H groups in total. The molecule has 12 nitrogen and oxygen atoms in total. The standard InChI is InChI=1S/C15H26N4O8S/c1-7(17-13(24)8(16)3-4-28-2)12(23)19-10(6-20)14(25)18-9(15(26)27)5-11(21)22/h7-10,20H,3-6,16H2,1-2H3,(H,17,24)(H,18,25)(H,19,23)(H,21,22)(H,26,27). The van der Waals surface area contributed by atoms with Gasteiger partial charge in [-0.15, -0.1) is 0 Å². The van der Waals surface area contributed by atoms with Crippen molar-refractivity contribution in [3.63, 3.8) is 0 Å². The van der Waals surface area contributed by atoms with Crippen LogP contribution in [0.25, 0.3) is 0 Å².